The highest BCUT2D eigenvalue weighted by atomic mass is 16.5. The summed E-state index contributed by atoms with van der Waals surface area (Å²) in [7, 11) is 1.75. The summed E-state index contributed by atoms with van der Waals surface area (Å²) in [5.74, 6) is 0. The van der Waals surface area contributed by atoms with Crippen LogP contribution >= 0.6 is 0 Å². The molecule has 0 aromatic heterocycles. The van der Waals surface area contributed by atoms with Gasteiger partial charge in [0.25, 0.3) is 0 Å². The Morgan fingerprint density at radius 2 is 2.12 bits per heavy atom. The number of ether oxygens (including phenoxy) is 1. The van der Waals surface area contributed by atoms with Crippen LogP contribution in [0.3, 0.4) is 0 Å². The van der Waals surface area contributed by atoms with Gasteiger partial charge in [0.15, 0.2) is 0 Å². The first-order valence-electron chi connectivity index (χ1n) is 6.38. The molecule has 0 bridgehead atoms. The molecule has 0 spiro atoms. The summed E-state index contributed by atoms with van der Waals surface area (Å²) < 4.78 is 5.08. The molecule has 0 aliphatic carbocycles. The predicted molar refractivity (Wildman–Crippen MR) is 65.6 cm³/mol. The van der Waals surface area contributed by atoms with Crippen LogP contribution in [-0.4, -0.2) is 62.0 Å². The maximum absolute atomic E-state index is 9.14. The molecule has 1 fully saturated rings. The Bertz CT molecular complexity index is 166. The largest absolute Gasteiger partial charge is 0.395 e. The average molecular weight is 230 g/mol. The molecule has 16 heavy (non-hydrogen) atoms. The van der Waals surface area contributed by atoms with Gasteiger partial charge in [-0.2, -0.15) is 0 Å². The predicted octanol–water partition coefficient (Wildman–Crippen LogP) is 0.458. The van der Waals surface area contributed by atoms with Crippen molar-refractivity contribution in [2.75, 3.05) is 40.0 Å². The zero-order valence-corrected chi connectivity index (χ0v) is 10.6. The second-order valence-corrected chi connectivity index (χ2v) is 4.56. The smallest absolute Gasteiger partial charge is 0.0589 e. The van der Waals surface area contributed by atoms with E-state index in [-0.39, 0.29) is 12.6 Å². The van der Waals surface area contributed by atoms with Crippen LogP contribution in [0.25, 0.3) is 0 Å². The Labute approximate surface area is 99.0 Å². The highest BCUT2D eigenvalue weighted by molar-refractivity contribution is 4.80. The van der Waals surface area contributed by atoms with Crippen molar-refractivity contribution in [2.45, 2.75) is 38.3 Å². The highest BCUT2D eigenvalue weighted by Crippen LogP contribution is 2.11. The van der Waals surface area contributed by atoms with E-state index in [4.69, 9.17) is 9.84 Å². The number of piperidine rings is 1. The molecule has 4 nitrogen and oxygen atoms in total. The average Bonchev–Trinajstić information content (AvgIpc) is 2.35. The molecular formula is C12H26N2O2. The number of nitrogens with one attached hydrogen (secondary N) is 1. The summed E-state index contributed by atoms with van der Waals surface area (Å²) >= 11 is 0. The van der Waals surface area contributed by atoms with Crippen molar-refractivity contribution in [1.29, 1.82) is 0 Å². The zero-order valence-electron chi connectivity index (χ0n) is 10.6. The summed E-state index contributed by atoms with van der Waals surface area (Å²) in [6.45, 7) is 6.51. The van der Waals surface area contributed by atoms with E-state index < -0.39 is 0 Å². The van der Waals surface area contributed by atoms with E-state index in [0.717, 1.165) is 32.7 Å². The van der Waals surface area contributed by atoms with E-state index in [9.17, 15) is 0 Å². The topological polar surface area (TPSA) is 44.7 Å². The number of hydrogen-bond acceptors (Lipinski definition) is 4. The maximum atomic E-state index is 9.14. The minimum Gasteiger partial charge on any atom is -0.395 e. The van der Waals surface area contributed by atoms with Gasteiger partial charge in [-0.15, -0.1) is 0 Å². The number of methoxy groups -OCH3 is 1. The van der Waals surface area contributed by atoms with Crippen molar-refractivity contribution in [3.05, 3.63) is 0 Å². The van der Waals surface area contributed by atoms with Crippen molar-refractivity contribution in [3.63, 3.8) is 0 Å². The van der Waals surface area contributed by atoms with Crippen LogP contribution in [0.4, 0.5) is 0 Å². The molecule has 0 aromatic rings. The first-order valence-corrected chi connectivity index (χ1v) is 6.38. The summed E-state index contributed by atoms with van der Waals surface area (Å²) in [6.07, 6.45) is 3.36. The van der Waals surface area contributed by atoms with Crippen molar-refractivity contribution < 1.29 is 9.84 Å². The molecule has 0 saturated carbocycles. The Balaban J connectivity index is 2.16. The third-order valence-corrected chi connectivity index (χ3v) is 3.38. The van der Waals surface area contributed by atoms with Crippen molar-refractivity contribution in [3.8, 4) is 0 Å². The quantitative estimate of drug-likeness (QED) is 0.667. The molecule has 1 aliphatic heterocycles. The van der Waals surface area contributed by atoms with Crippen LogP contribution in [0, 0.1) is 0 Å². The number of aliphatic hydroxyl groups excluding tert-OH is 1. The van der Waals surface area contributed by atoms with E-state index in [0.29, 0.717) is 6.04 Å². The molecule has 4 heteroatoms. The third kappa shape index (κ3) is 4.78. The van der Waals surface area contributed by atoms with Crippen molar-refractivity contribution in [2.24, 2.45) is 0 Å². The second kappa shape index (κ2) is 8.01. The molecule has 96 valence electrons. The van der Waals surface area contributed by atoms with Gasteiger partial charge in [0.2, 0.25) is 0 Å². The van der Waals surface area contributed by atoms with Gasteiger partial charge in [-0.25, -0.2) is 0 Å². The molecule has 1 unspecified atom stereocenters. The molecule has 1 atom stereocenters. The maximum Gasteiger partial charge on any atom is 0.0589 e. The Morgan fingerprint density at radius 1 is 1.44 bits per heavy atom. The van der Waals surface area contributed by atoms with E-state index in [1.54, 1.807) is 7.11 Å². The fraction of sp³-hybridized carbons (Fsp3) is 1.00. The Hall–Kier alpha value is -0.160. The lowest BCUT2D eigenvalue weighted by molar-refractivity contribution is 0.120. The fourth-order valence-corrected chi connectivity index (χ4v) is 2.18. The normalized spacial score (nSPS) is 21.2. The SMILES string of the molecule is CCC(CO)NC1CCN(CCOC)CC1. The molecule has 0 amide bonds. The summed E-state index contributed by atoms with van der Waals surface area (Å²) in [6, 6.07) is 0.853. The van der Waals surface area contributed by atoms with E-state index in [1.807, 2.05) is 0 Å². The molecule has 1 rings (SSSR count). The van der Waals surface area contributed by atoms with Gasteiger partial charge in [0.05, 0.1) is 13.2 Å². The summed E-state index contributed by atoms with van der Waals surface area (Å²) in [5.41, 5.74) is 0. The van der Waals surface area contributed by atoms with Crippen LogP contribution in [-0.2, 0) is 4.74 Å². The fourth-order valence-electron chi connectivity index (χ4n) is 2.18. The van der Waals surface area contributed by atoms with Crippen LogP contribution in [0.15, 0.2) is 0 Å². The minimum absolute atomic E-state index is 0.250. The van der Waals surface area contributed by atoms with Gasteiger partial charge >= 0.3 is 0 Å². The lowest BCUT2D eigenvalue weighted by Gasteiger charge is -2.34. The minimum atomic E-state index is 0.250. The number of rotatable bonds is 7. The van der Waals surface area contributed by atoms with Gasteiger partial charge in [0, 0.05) is 25.7 Å². The lowest BCUT2D eigenvalue weighted by Crippen LogP contribution is -2.47. The number of aliphatic hydroxyl groups is 1. The Morgan fingerprint density at radius 3 is 2.62 bits per heavy atom. The number of hydrogen-bond donors (Lipinski definition) is 2. The van der Waals surface area contributed by atoms with E-state index in [1.165, 1.54) is 12.8 Å². The molecule has 0 radical (unpaired) electrons. The number of likely N-dealkylation sites (tertiary alicyclic amines) is 1. The van der Waals surface area contributed by atoms with Gasteiger partial charge in [-0.3, -0.25) is 0 Å². The monoisotopic (exact) mass is 230 g/mol. The number of nitrogens with zero attached hydrogens (tertiary/aromatic N) is 1. The van der Waals surface area contributed by atoms with E-state index in [2.05, 4.69) is 17.1 Å². The van der Waals surface area contributed by atoms with E-state index >= 15 is 0 Å². The third-order valence-electron chi connectivity index (χ3n) is 3.38. The molecule has 0 aromatic carbocycles. The van der Waals surface area contributed by atoms with Crippen LogP contribution in [0.5, 0.6) is 0 Å². The standard InChI is InChI=1S/C12H26N2O2/c1-3-11(10-15)13-12-4-6-14(7-5-12)8-9-16-2/h11-13,15H,3-10H2,1-2H3. The molecular weight excluding hydrogens is 204 g/mol. The van der Waals surface area contributed by atoms with Crippen LogP contribution in [0.1, 0.15) is 26.2 Å². The summed E-state index contributed by atoms with van der Waals surface area (Å²) in [4.78, 5) is 2.45. The molecule has 1 heterocycles. The summed E-state index contributed by atoms with van der Waals surface area (Å²) in [5, 5.41) is 12.7. The molecule has 2 N–H and O–H groups in total. The van der Waals surface area contributed by atoms with Gasteiger partial charge in [0.1, 0.15) is 0 Å². The van der Waals surface area contributed by atoms with Gasteiger partial charge in [-0.1, -0.05) is 6.92 Å². The van der Waals surface area contributed by atoms with Crippen molar-refractivity contribution in [1.82, 2.24) is 10.2 Å². The Kier molecular flexibility index (Phi) is 6.96. The van der Waals surface area contributed by atoms with Crippen LogP contribution in [0.2, 0.25) is 0 Å². The van der Waals surface area contributed by atoms with Crippen molar-refractivity contribution >= 4 is 0 Å². The van der Waals surface area contributed by atoms with Crippen LogP contribution < -0.4 is 5.32 Å². The molecule has 1 aliphatic rings. The first kappa shape index (κ1) is 13.9. The lowest BCUT2D eigenvalue weighted by atomic mass is 10.0. The second-order valence-electron chi connectivity index (χ2n) is 4.56. The zero-order chi connectivity index (χ0) is 11.8. The first-order chi connectivity index (χ1) is 7.80. The van der Waals surface area contributed by atoms with Gasteiger partial charge < -0.3 is 20.1 Å². The van der Waals surface area contributed by atoms with Gasteiger partial charge in [-0.05, 0) is 32.4 Å². The highest BCUT2D eigenvalue weighted by Gasteiger charge is 2.20. The molecule has 1 saturated heterocycles.